The summed E-state index contributed by atoms with van der Waals surface area (Å²) in [7, 11) is 0. The van der Waals surface area contributed by atoms with E-state index >= 15 is 0 Å². The highest BCUT2D eigenvalue weighted by Gasteiger charge is 2.14. The van der Waals surface area contributed by atoms with Crippen molar-refractivity contribution in [2.75, 3.05) is 5.32 Å². The first kappa shape index (κ1) is 11.4. The maximum Gasteiger partial charge on any atom is 0.186 e. The van der Waals surface area contributed by atoms with E-state index in [-0.39, 0.29) is 11.9 Å². The third-order valence-corrected chi connectivity index (χ3v) is 2.39. The molecular formula is C10H13FN6. The van der Waals surface area contributed by atoms with Crippen molar-refractivity contribution in [1.82, 2.24) is 25.1 Å². The van der Waals surface area contributed by atoms with Gasteiger partial charge in [0.25, 0.3) is 0 Å². The quantitative estimate of drug-likeness (QED) is 0.840. The molecule has 0 saturated carbocycles. The lowest BCUT2D eigenvalue weighted by molar-refractivity contribution is 0.593. The Hall–Kier alpha value is -2.05. The molecule has 0 fully saturated rings. The van der Waals surface area contributed by atoms with Crippen LogP contribution in [0.4, 0.5) is 10.2 Å². The van der Waals surface area contributed by atoms with Crippen LogP contribution < -0.4 is 5.32 Å². The van der Waals surface area contributed by atoms with E-state index < -0.39 is 5.82 Å². The van der Waals surface area contributed by atoms with Crippen molar-refractivity contribution in [3.8, 4) is 0 Å². The Morgan fingerprint density at radius 2 is 2.18 bits per heavy atom. The van der Waals surface area contributed by atoms with Gasteiger partial charge in [-0.3, -0.25) is 5.10 Å². The summed E-state index contributed by atoms with van der Waals surface area (Å²) in [4.78, 5) is 11.7. The number of hydrogen-bond donors (Lipinski definition) is 2. The van der Waals surface area contributed by atoms with Gasteiger partial charge in [0.1, 0.15) is 18.5 Å². The summed E-state index contributed by atoms with van der Waals surface area (Å²) in [5.74, 6) is 0.392. The van der Waals surface area contributed by atoms with E-state index in [9.17, 15) is 4.39 Å². The molecule has 0 aromatic carbocycles. The van der Waals surface area contributed by atoms with E-state index in [2.05, 4.69) is 30.5 Å². The average molecular weight is 236 g/mol. The Balaban J connectivity index is 2.19. The number of aryl methyl sites for hydroxylation is 1. The van der Waals surface area contributed by atoms with Crippen LogP contribution in [0.1, 0.15) is 31.4 Å². The molecular weight excluding hydrogens is 223 g/mol. The Morgan fingerprint density at radius 1 is 1.35 bits per heavy atom. The molecule has 1 atom stereocenters. The third-order valence-electron chi connectivity index (χ3n) is 2.39. The molecule has 0 saturated heterocycles. The standard InChI is InChI=1S/C10H13FN6/c1-3-7-8(11)10(13-4-12-7)16-6(2)9-14-5-15-17-9/h4-6H,3H2,1-2H3,(H,12,13,16)(H,14,15,17). The lowest BCUT2D eigenvalue weighted by Gasteiger charge is -2.12. The number of hydrogen-bond acceptors (Lipinski definition) is 5. The molecule has 6 nitrogen and oxygen atoms in total. The highest BCUT2D eigenvalue weighted by Crippen LogP contribution is 2.18. The molecule has 0 aliphatic carbocycles. The van der Waals surface area contributed by atoms with Gasteiger partial charge in [-0.25, -0.2) is 19.3 Å². The zero-order valence-electron chi connectivity index (χ0n) is 9.61. The minimum Gasteiger partial charge on any atom is -0.358 e. The largest absolute Gasteiger partial charge is 0.358 e. The number of halogens is 1. The molecule has 2 aromatic heterocycles. The van der Waals surface area contributed by atoms with Crippen LogP contribution in [0.15, 0.2) is 12.7 Å². The van der Waals surface area contributed by atoms with Gasteiger partial charge in [0, 0.05) is 0 Å². The van der Waals surface area contributed by atoms with E-state index in [1.165, 1.54) is 12.7 Å². The van der Waals surface area contributed by atoms with Crippen LogP contribution >= 0.6 is 0 Å². The van der Waals surface area contributed by atoms with Crippen LogP contribution in [0.25, 0.3) is 0 Å². The van der Waals surface area contributed by atoms with Crippen LogP contribution in [0.5, 0.6) is 0 Å². The van der Waals surface area contributed by atoms with Gasteiger partial charge in [0.15, 0.2) is 11.6 Å². The summed E-state index contributed by atoms with van der Waals surface area (Å²) in [6.45, 7) is 3.68. The van der Waals surface area contributed by atoms with Crippen molar-refractivity contribution in [1.29, 1.82) is 0 Å². The smallest absolute Gasteiger partial charge is 0.186 e. The van der Waals surface area contributed by atoms with Crippen LogP contribution in [0.2, 0.25) is 0 Å². The highest BCUT2D eigenvalue weighted by molar-refractivity contribution is 5.38. The molecule has 2 N–H and O–H groups in total. The average Bonchev–Trinajstić information content (AvgIpc) is 2.85. The topological polar surface area (TPSA) is 79.4 Å². The van der Waals surface area contributed by atoms with Crippen LogP contribution in [-0.4, -0.2) is 25.1 Å². The molecule has 0 aliphatic heterocycles. The van der Waals surface area contributed by atoms with Crippen molar-refractivity contribution in [3.63, 3.8) is 0 Å². The molecule has 1 unspecified atom stereocenters. The Labute approximate surface area is 97.7 Å². The summed E-state index contributed by atoms with van der Waals surface area (Å²) in [6.07, 6.45) is 3.28. The van der Waals surface area contributed by atoms with E-state index in [1.54, 1.807) is 0 Å². The maximum absolute atomic E-state index is 13.8. The number of anilines is 1. The number of rotatable bonds is 4. The molecule has 2 heterocycles. The Kier molecular flexibility index (Phi) is 3.27. The third kappa shape index (κ3) is 2.38. The van der Waals surface area contributed by atoms with Crippen molar-refractivity contribution >= 4 is 5.82 Å². The van der Waals surface area contributed by atoms with Crippen molar-refractivity contribution in [2.45, 2.75) is 26.3 Å². The van der Waals surface area contributed by atoms with Gasteiger partial charge in [-0.05, 0) is 13.3 Å². The van der Waals surface area contributed by atoms with E-state index in [0.29, 0.717) is 17.9 Å². The SMILES string of the molecule is CCc1ncnc(NC(C)c2ncn[nH]2)c1F. The summed E-state index contributed by atoms with van der Waals surface area (Å²) in [5, 5.41) is 9.38. The van der Waals surface area contributed by atoms with Gasteiger partial charge < -0.3 is 5.32 Å². The maximum atomic E-state index is 13.8. The molecule has 0 aliphatic rings. The summed E-state index contributed by atoms with van der Waals surface area (Å²) in [5.41, 5.74) is 0.396. The zero-order valence-corrected chi connectivity index (χ0v) is 9.61. The van der Waals surface area contributed by atoms with Gasteiger partial charge in [0.05, 0.1) is 11.7 Å². The molecule has 90 valence electrons. The first-order valence-corrected chi connectivity index (χ1v) is 5.33. The number of aromatic amines is 1. The lowest BCUT2D eigenvalue weighted by Crippen LogP contribution is -2.12. The van der Waals surface area contributed by atoms with Crippen molar-refractivity contribution < 1.29 is 4.39 Å². The fourth-order valence-corrected chi connectivity index (χ4v) is 1.45. The van der Waals surface area contributed by atoms with Crippen molar-refractivity contribution in [3.05, 3.63) is 30.0 Å². The zero-order chi connectivity index (χ0) is 12.3. The van der Waals surface area contributed by atoms with Gasteiger partial charge >= 0.3 is 0 Å². The minimum absolute atomic E-state index is 0.181. The second-order valence-electron chi connectivity index (χ2n) is 3.57. The van der Waals surface area contributed by atoms with Gasteiger partial charge in [0.2, 0.25) is 0 Å². The van der Waals surface area contributed by atoms with Gasteiger partial charge in [-0.15, -0.1) is 0 Å². The van der Waals surface area contributed by atoms with Gasteiger partial charge in [-0.1, -0.05) is 6.92 Å². The molecule has 17 heavy (non-hydrogen) atoms. The van der Waals surface area contributed by atoms with Crippen molar-refractivity contribution in [2.24, 2.45) is 0 Å². The summed E-state index contributed by atoms with van der Waals surface area (Å²) >= 11 is 0. The molecule has 7 heteroatoms. The summed E-state index contributed by atoms with van der Waals surface area (Å²) < 4.78 is 13.8. The van der Waals surface area contributed by atoms with Gasteiger partial charge in [-0.2, -0.15) is 5.10 Å². The normalized spacial score (nSPS) is 12.4. The fraction of sp³-hybridized carbons (Fsp3) is 0.400. The molecule has 0 bridgehead atoms. The minimum atomic E-state index is -0.415. The molecule has 0 spiro atoms. The highest BCUT2D eigenvalue weighted by atomic mass is 19.1. The predicted octanol–water partition coefficient (Wildman–Crippen LogP) is 1.47. The lowest BCUT2D eigenvalue weighted by atomic mass is 10.2. The van der Waals surface area contributed by atoms with E-state index in [1.807, 2.05) is 13.8 Å². The molecule has 0 amide bonds. The number of aromatic nitrogens is 5. The monoisotopic (exact) mass is 236 g/mol. The summed E-state index contributed by atoms with van der Waals surface area (Å²) in [6, 6.07) is -0.202. The number of nitrogens with zero attached hydrogens (tertiary/aromatic N) is 4. The molecule has 2 rings (SSSR count). The van der Waals surface area contributed by atoms with Crippen LogP contribution in [0, 0.1) is 5.82 Å². The van der Waals surface area contributed by atoms with E-state index in [0.717, 1.165) is 0 Å². The molecule has 2 aromatic rings. The van der Waals surface area contributed by atoms with E-state index in [4.69, 9.17) is 0 Å². The molecule has 0 radical (unpaired) electrons. The predicted molar refractivity (Wildman–Crippen MR) is 59.8 cm³/mol. The Bertz CT molecular complexity index is 484. The second kappa shape index (κ2) is 4.86. The van der Waals surface area contributed by atoms with Crippen LogP contribution in [0.3, 0.4) is 0 Å². The number of nitrogens with one attached hydrogen (secondary N) is 2. The first-order valence-electron chi connectivity index (χ1n) is 5.33. The van der Waals surface area contributed by atoms with Crippen LogP contribution in [-0.2, 0) is 6.42 Å². The second-order valence-corrected chi connectivity index (χ2v) is 3.57. The Morgan fingerprint density at radius 3 is 2.82 bits per heavy atom. The number of H-pyrrole nitrogens is 1. The first-order chi connectivity index (χ1) is 8.22. The fourth-order valence-electron chi connectivity index (χ4n) is 1.45.